The van der Waals surface area contributed by atoms with Gasteiger partial charge in [0.05, 0.1) is 18.8 Å². The molecule has 0 aliphatic carbocycles. The van der Waals surface area contributed by atoms with Crippen LogP contribution in [0.1, 0.15) is 33.1 Å². The first-order valence-corrected chi connectivity index (χ1v) is 9.41. The maximum Gasteiger partial charge on any atom is 0.319 e. The van der Waals surface area contributed by atoms with E-state index in [1.165, 1.54) is 0 Å². The van der Waals surface area contributed by atoms with E-state index in [9.17, 15) is 14.7 Å². The van der Waals surface area contributed by atoms with Crippen LogP contribution in [0.25, 0.3) is 0 Å². The van der Waals surface area contributed by atoms with Crippen LogP contribution in [0.2, 0.25) is 0 Å². The predicted molar refractivity (Wildman–Crippen MR) is 104 cm³/mol. The largest absolute Gasteiger partial charge is 0.394 e. The summed E-state index contributed by atoms with van der Waals surface area (Å²) in [7, 11) is 0. The first kappa shape index (κ1) is 21.0. The molecule has 1 aromatic rings. The molecule has 0 aromatic heterocycles. The summed E-state index contributed by atoms with van der Waals surface area (Å²) in [6.45, 7) is 4.12. The molecule has 0 bridgehead atoms. The van der Waals surface area contributed by atoms with Gasteiger partial charge >= 0.3 is 12.1 Å². The number of hydrogen-bond acceptors (Lipinski definition) is 4. The molecule has 1 fully saturated rings. The highest BCUT2D eigenvalue weighted by molar-refractivity contribution is 5.89. The second kappa shape index (κ2) is 10.7. The zero-order valence-corrected chi connectivity index (χ0v) is 15.9. The van der Waals surface area contributed by atoms with Gasteiger partial charge in [0, 0.05) is 18.3 Å². The summed E-state index contributed by atoms with van der Waals surface area (Å²) in [6.07, 6.45) is 1.59. The van der Waals surface area contributed by atoms with Crippen LogP contribution >= 0.6 is 0 Å². The van der Waals surface area contributed by atoms with Crippen molar-refractivity contribution in [2.45, 2.75) is 57.4 Å². The Morgan fingerprint density at radius 2 is 1.93 bits per heavy atom. The van der Waals surface area contributed by atoms with Crippen molar-refractivity contribution in [2.24, 2.45) is 0 Å². The molecule has 0 spiro atoms. The molecule has 3 atom stereocenters. The van der Waals surface area contributed by atoms with Crippen LogP contribution in [0.4, 0.5) is 15.3 Å². The van der Waals surface area contributed by atoms with E-state index in [2.05, 4.69) is 21.3 Å². The fraction of sp³-hybridized carbons (Fsp3) is 0.579. The zero-order valence-electron chi connectivity index (χ0n) is 15.9. The lowest BCUT2D eigenvalue weighted by atomic mass is 9.97. The highest BCUT2D eigenvalue weighted by atomic mass is 16.5. The third-order valence-electron chi connectivity index (χ3n) is 4.32. The van der Waals surface area contributed by atoms with Gasteiger partial charge in [-0.1, -0.05) is 18.2 Å². The van der Waals surface area contributed by atoms with Crippen molar-refractivity contribution in [3.05, 3.63) is 30.3 Å². The van der Waals surface area contributed by atoms with Crippen LogP contribution in [0.5, 0.6) is 0 Å². The Morgan fingerprint density at radius 1 is 1.19 bits per heavy atom. The van der Waals surface area contributed by atoms with Crippen molar-refractivity contribution in [2.75, 3.05) is 18.5 Å². The maximum atomic E-state index is 12.1. The Labute approximate surface area is 160 Å². The second-order valence-electron chi connectivity index (χ2n) is 6.97. The number of anilines is 1. The lowest BCUT2D eigenvalue weighted by Crippen LogP contribution is -2.52. The Hall–Kier alpha value is -2.32. The third-order valence-corrected chi connectivity index (χ3v) is 4.32. The second-order valence-corrected chi connectivity index (χ2v) is 6.97. The molecular weight excluding hydrogens is 348 g/mol. The summed E-state index contributed by atoms with van der Waals surface area (Å²) in [5.74, 6) is 0. The number of hydrogen-bond donors (Lipinski definition) is 5. The van der Waals surface area contributed by atoms with E-state index in [1.54, 1.807) is 12.1 Å². The smallest absolute Gasteiger partial charge is 0.319 e. The molecule has 150 valence electrons. The first-order chi connectivity index (χ1) is 13.0. The van der Waals surface area contributed by atoms with E-state index >= 15 is 0 Å². The molecule has 5 N–H and O–H groups in total. The molecule has 8 nitrogen and oxygen atoms in total. The van der Waals surface area contributed by atoms with Crippen molar-refractivity contribution < 1.29 is 19.4 Å². The van der Waals surface area contributed by atoms with Gasteiger partial charge in [-0.3, -0.25) is 0 Å². The minimum Gasteiger partial charge on any atom is -0.394 e. The van der Waals surface area contributed by atoms with E-state index in [4.69, 9.17) is 4.74 Å². The third kappa shape index (κ3) is 7.44. The van der Waals surface area contributed by atoms with Gasteiger partial charge in [-0.25, -0.2) is 9.59 Å². The van der Waals surface area contributed by atoms with Crippen LogP contribution in [0.3, 0.4) is 0 Å². The average molecular weight is 378 g/mol. The SMILES string of the molecule is CC(C)NC(=O)NCC[C@@H]1CC[C@@H](NC(=O)Nc2ccccc2)[C@@H](CO)O1. The minimum atomic E-state index is -0.463. The monoisotopic (exact) mass is 378 g/mol. The lowest BCUT2D eigenvalue weighted by Gasteiger charge is -2.36. The van der Waals surface area contributed by atoms with Gasteiger partial charge in [0.15, 0.2) is 0 Å². The van der Waals surface area contributed by atoms with E-state index in [-0.39, 0.29) is 36.9 Å². The van der Waals surface area contributed by atoms with E-state index in [0.29, 0.717) is 25.1 Å². The van der Waals surface area contributed by atoms with Gasteiger partial charge in [-0.15, -0.1) is 0 Å². The van der Waals surface area contributed by atoms with Gasteiger partial charge in [-0.05, 0) is 45.2 Å². The summed E-state index contributed by atoms with van der Waals surface area (Å²) in [4.78, 5) is 23.7. The molecule has 4 amide bonds. The number of carbonyl (C=O) groups excluding carboxylic acids is 2. The molecule has 0 unspecified atom stereocenters. The first-order valence-electron chi connectivity index (χ1n) is 9.41. The molecule has 27 heavy (non-hydrogen) atoms. The Morgan fingerprint density at radius 3 is 2.59 bits per heavy atom. The average Bonchev–Trinajstić information content (AvgIpc) is 2.63. The molecular formula is C19H30N4O4. The molecule has 1 saturated heterocycles. The highest BCUT2D eigenvalue weighted by Gasteiger charge is 2.31. The molecule has 8 heteroatoms. The van der Waals surface area contributed by atoms with Gasteiger partial charge in [-0.2, -0.15) is 0 Å². The number of para-hydroxylation sites is 1. The zero-order chi connectivity index (χ0) is 19.6. The molecule has 2 rings (SSSR count). The van der Waals surface area contributed by atoms with Crippen molar-refractivity contribution >= 4 is 17.7 Å². The van der Waals surface area contributed by atoms with Crippen LogP contribution in [-0.4, -0.2) is 54.6 Å². The molecule has 1 aromatic carbocycles. The number of ether oxygens (including phenoxy) is 1. The number of aliphatic hydroxyl groups excluding tert-OH is 1. The Balaban J connectivity index is 1.73. The van der Waals surface area contributed by atoms with Gasteiger partial charge < -0.3 is 31.1 Å². The molecule has 1 aliphatic rings. The molecule has 0 saturated carbocycles. The lowest BCUT2D eigenvalue weighted by molar-refractivity contribution is -0.0885. The summed E-state index contributed by atoms with van der Waals surface area (Å²) >= 11 is 0. The quantitative estimate of drug-likeness (QED) is 0.498. The van der Waals surface area contributed by atoms with Crippen molar-refractivity contribution in [3.63, 3.8) is 0 Å². The molecule has 0 radical (unpaired) electrons. The van der Waals surface area contributed by atoms with Crippen molar-refractivity contribution in [3.8, 4) is 0 Å². The minimum absolute atomic E-state index is 0.0586. The highest BCUT2D eigenvalue weighted by Crippen LogP contribution is 2.21. The van der Waals surface area contributed by atoms with Crippen LogP contribution < -0.4 is 21.3 Å². The standard InChI is InChI=1S/C19H30N4O4/c1-13(2)21-18(25)20-11-10-15-8-9-16(17(12-24)27-15)23-19(26)22-14-6-4-3-5-7-14/h3-7,13,15-17,24H,8-12H2,1-2H3,(H2,20,21,25)(H2,22,23,26)/t15-,16+,17+/m0/s1. The van der Waals surface area contributed by atoms with E-state index in [0.717, 1.165) is 6.42 Å². The number of carbonyl (C=O) groups is 2. The Bertz CT molecular complexity index is 597. The fourth-order valence-corrected chi connectivity index (χ4v) is 3.03. The number of urea groups is 2. The molecule has 1 aliphatic heterocycles. The number of aliphatic hydroxyl groups is 1. The summed E-state index contributed by atoms with van der Waals surface area (Å²) in [5.41, 5.74) is 0.705. The summed E-state index contributed by atoms with van der Waals surface area (Å²) < 4.78 is 5.90. The topological polar surface area (TPSA) is 112 Å². The molecule has 1 heterocycles. The van der Waals surface area contributed by atoms with Gasteiger partial charge in [0.25, 0.3) is 0 Å². The van der Waals surface area contributed by atoms with Crippen LogP contribution in [0, 0.1) is 0 Å². The fourth-order valence-electron chi connectivity index (χ4n) is 3.03. The Kier molecular flexibility index (Phi) is 8.35. The van der Waals surface area contributed by atoms with E-state index < -0.39 is 6.10 Å². The van der Waals surface area contributed by atoms with Crippen LogP contribution in [-0.2, 0) is 4.74 Å². The van der Waals surface area contributed by atoms with Gasteiger partial charge in [0.1, 0.15) is 6.10 Å². The summed E-state index contributed by atoms with van der Waals surface area (Å²) in [6, 6.07) is 8.48. The summed E-state index contributed by atoms with van der Waals surface area (Å²) in [5, 5.41) is 20.8. The normalized spacial score (nSPS) is 22.1. The van der Waals surface area contributed by atoms with Crippen molar-refractivity contribution in [1.82, 2.24) is 16.0 Å². The van der Waals surface area contributed by atoms with Crippen molar-refractivity contribution in [1.29, 1.82) is 0 Å². The van der Waals surface area contributed by atoms with Gasteiger partial charge in [0.2, 0.25) is 0 Å². The number of amides is 4. The van der Waals surface area contributed by atoms with E-state index in [1.807, 2.05) is 32.0 Å². The predicted octanol–water partition coefficient (Wildman–Crippen LogP) is 1.81. The maximum absolute atomic E-state index is 12.1. The van der Waals surface area contributed by atoms with Crippen LogP contribution in [0.15, 0.2) is 30.3 Å². The number of nitrogens with one attached hydrogen (secondary N) is 4. The number of rotatable bonds is 7. The number of benzene rings is 1.